The third-order valence-corrected chi connectivity index (χ3v) is 6.06. The van der Waals surface area contributed by atoms with Gasteiger partial charge in [0.1, 0.15) is 18.0 Å². The molecule has 9 heteroatoms. The number of halogens is 1. The number of ether oxygens (including phenoxy) is 1. The van der Waals surface area contributed by atoms with Crippen molar-refractivity contribution in [3.8, 4) is 11.6 Å². The topological polar surface area (TPSA) is 70.8 Å². The molecule has 8 nitrogen and oxygen atoms in total. The SMILES string of the molecule is [C-]#[N+]c1c(Nc2ccc(N3CCN(C)CC3)cn2)ncnc1Oc1ccc2c(c1F)C=C(C)C2. The van der Waals surface area contributed by atoms with Gasteiger partial charge in [0.15, 0.2) is 11.6 Å². The van der Waals surface area contributed by atoms with E-state index >= 15 is 4.39 Å². The lowest BCUT2D eigenvalue weighted by Crippen LogP contribution is -2.44. The summed E-state index contributed by atoms with van der Waals surface area (Å²) in [5, 5.41) is 3.06. The van der Waals surface area contributed by atoms with E-state index in [0.29, 0.717) is 11.4 Å². The zero-order valence-electron chi connectivity index (χ0n) is 19.0. The standard InChI is InChI=1S/C25H24FN7O/c1-16-12-17-4-6-20(22(26)19(17)13-16)34-25-23(27-2)24(29-15-30-25)31-21-7-5-18(14-28-21)33-10-8-32(3)9-11-33/h4-7,13-15H,8-12H2,1,3H3,(H,28,29,30,31). The number of likely N-dealkylation sites (N-methyl/N-ethyl adjacent to an activating group) is 1. The second-order valence-electron chi connectivity index (χ2n) is 8.52. The number of pyridine rings is 1. The van der Waals surface area contributed by atoms with Crippen molar-refractivity contribution in [3.63, 3.8) is 0 Å². The van der Waals surface area contributed by atoms with Gasteiger partial charge < -0.3 is 19.9 Å². The van der Waals surface area contributed by atoms with Gasteiger partial charge in [-0.15, -0.1) is 0 Å². The predicted molar refractivity (Wildman–Crippen MR) is 129 cm³/mol. The molecule has 0 unspecified atom stereocenters. The van der Waals surface area contributed by atoms with Crippen LogP contribution < -0.4 is 15.0 Å². The predicted octanol–water partition coefficient (Wildman–Crippen LogP) is 4.81. The first-order valence-corrected chi connectivity index (χ1v) is 11.1. The molecule has 0 spiro atoms. The maximum atomic E-state index is 15.0. The molecule has 0 bridgehead atoms. The van der Waals surface area contributed by atoms with Crippen molar-refractivity contribution in [2.24, 2.45) is 0 Å². The van der Waals surface area contributed by atoms with E-state index in [1.165, 1.54) is 6.33 Å². The van der Waals surface area contributed by atoms with E-state index in [4.69, 9.17) is 11.3 Å². The molecule has 1 aliphatic carbocycles. The first kappa shape index (κ1) is 21.8. The highest BCUT2D eigenvalue weighted by molar-refractivity contribution is 5.75. The molecule has 2 aromatic heterocycles. The molecule has 1 fully saturated rings. The van der Waals surface area contributed by atoms with Crippen LogP contribution in [0.15, 0.2) is 42.4 Å². The lowest BCUT2D eigenvalue weighted by molar-refractivity contribution is 0.313. The second-order valence-corrected chi connectivity index (χ2v) is 8.52. The highest BCUT2D eigenvalue weighted by Crippen LogP contribution is 2.39. The Kier molecular flexibility index (Phi) is 5.82. The summed E-state index contributed by atoms with van der Waals surface area (Å²) in [6, 6.07) is 7.25. The fraction of sp³-hybridized carbons (Fsp3) is 0.280. The zero-order chi connectivity index (χ0) is 23.7. The summed E-state index contributed by atoms with van der Waals surface area (Å²) in [6.07, 6.45) is 5.62. The lowest BCUT2D eigenvalue weighted by atomic mass is 10.1. The summed E-state index contributed by atoms with van der Waals surface area (Å²) in [7, 11) is 2.12. The Hall–Kier alpha value is -4.03. The van der Waals surface area contributed by atoms with Gasteiger partial charge in [-0.1, -0.05) is 17.7 Å². The monoisotopic (exact) mass is 457 g/mol. The van der Waals surface area contributed by atoms with Crippen molar-refractivity contribution in [2.75, 3.05) is 43.4 Å². The van der Waals surface area contributed by atoms with Crippen molar-refractivity contribution in [2.45, 2.75) is 13.3 Å². The Labute approximate surface area is 197 Å². The van der Waals surface area contributed by atoms with Gasteiger partial charge in [0.05, 0.1) is 18.5 Å². The molecule has 1 N–H and O–H groups in total. The third-order valence-electron chi connectivity index (χ3n) is 6.06. The summed E-state index contributed by atoms with van der Waals surface area (Å²) >= 11 is 0. The Morgan fingerprint density at radius 2 is 1.91 bits per heavy atom. The third kappa shape index (κ3) is 4.28. The van der Waals surface area contributed by atoms with Gasteiger partial charge in [-0.05, 0) is 44.2 Å². The number of hydrogen-bond donors (Lipinski definition) is 1. The highest BCUT2D eigenvalue weighted by Gasteiger charge is 2.21. The maximum absolute atomic E-state index is 15.0. The summed E-state index contributed by atoms with van der Waals surface area (Å²) in [6.45, 7) is 13.5. The molecule has 0 saturated carbocycles. The summed E-state index contributed by atoms with van der Waals surface area (Å²) < 4.78 is 20.7. The summed E-state index contributed by atoms with van der Waals surface area (Å²) in [4.78, 5) is 20.9. The van der Waals surface area contributed by atoms with Gasteiger partial charge in [0.25, 0.3) is 5.69 Å². The molecule has 1 aromatic carbocycles. The average molecular weight is 458 g/mol. The number of rotatable bonds is 5. The molecule has 3 heterocycles. The zero-order valence-corrected chi connectivity index (χ0v) is 19.0. The molecule has 5 rings (SSSR count). The Morgan fingerprint density at radius 3 is 2.65 bits per heavy atom. The minimum Gasteiger partial charge on any atom is -0.446 e. The van der Waals surface area contributed by atoms with Gasteiger partial charge in [-0.3, -0.25) is 0 Å². The number of fused-ring (bicyclic) bond motifs is 1. The minimum absolute atomic E-state index is 0.0147. The van der Waals surface area contributed by atoms with E-state index in [1.54, 1.807) is 12.3 Å². The van der Waals surface area contributed by atoms with Crippen LogP contribution >= 0.6 is 0 Å². The van der Waals surface area contributed by atoms with Crippen LogP contribution in [-0.4, -0.2) is 53.1 Å². The summed E-state index contributed by atoms with van der Waals surface area (Å²) in [5.41, 5.74) is 3.64. The number of allylic oxidation sites excluding steroid dienone is 1. The first-order valence-electron chi connectivity index (χ1n) is 11.1. The number of aromatic nitrogens is 3. The molecule has 34 heavy (non-hydrogen) atoms. The average Bonchev–Trinajstić information content (AvgIpc) is 3.23. The van der Waals surface area contributed by atoms with Crippen LogP contribution in [0, 0.1) is 12.4 Å². The molecule has 0 radical (unpaired) electrons. The quantitative estimate of drug-likeness (QED) is 0.552. The van der Waals surface area contributed by atoms with Crippen LogP contribution in [0.2, 0.25) is 0 Å². The van der Waals surface area contributed by atoms with Crippen molar-refractivity contribution >= 4 is 29.1 Å². The Bertz CT molecular complexity index is 1290. The number of benzene rings is 1. The number of nitrogens with one attached hydrogen (secondary N) is 1. The van der Waals surface area contributed by atoms with Crippen LogP contribution in [0.5, 0.6) is 11.6 Å². The van der Waals surface area contributed by atoms with E-state index in [9.17, 15) is 0 Å². The number of piperazine rings is 1. The number of anilines is 3. The lowest BCUT2D eigenvalue weighted by Gasteiger charge is -2.33. The smallest absolute Gasteiger partial charge is 0.288 e. The largest absolute Gasteiger partial charge is 0.446 e. The summed E-state index contributed by atoms with van der Waals surface area (Å²) in [5.74, 6) is 0.335. The van der Waals surface area contributed by atoms with Crippen LogP contribution in [0.3, 0.4) is 0 Å². The van der Waals surface area contributed by atoms with Crippen LogP contribution in [0.1, 0.15) is 18.1 Å². The van der Waals surface area contributed by atoms with Gasteiger partial charge in [0, 0.05) is 31.7 Å². The van der Waals surface area contributed by atoms with Crippen molar-refractivity contribution in [1.82, 2.24) is 19.9 Å². The van der Waals surface area contributed by atoms with E-state index < -0.39 is 5.82 Å². The van der Waals surface area contributed by atoms with Crippen LogP contribution in [-0.2, 0) is 6.42 Å². The van der Waals surface area contributed by atoms with Gasteiger partial charge in [0.2, 0.25) is 5.88 Å². The molecule has 1 saturated heterocycles. The number of hydrogen-bond acceptors (Lipinski definition) is 7. The minimum atomic E-state index is -0.459. The number of nitrogens with zero attached hydrogens (tertiary/aromatic N) is 6. The molecule has 1 aliphatic heterocycles. The van der Waals surface area contributed by atoms with Gasteiger partial charge in [-0.25, -0.2) is 24.2 Å². The highest BCUT2D eigenvalue weighted by atomic mass is 19.1. The fourth-order valence-electron chi connectivity index (χ4n) is 4.17. The molecule has 0 amide bonds. The van der Waals surface area contributed by atoms with Crippen molar-refractivity contribution < 1.29 is 9.13 Å². The van der Waals surface area contributed by atoms with Crippen molar-refractivity contribution in [3.05, 3.63) is 70.7 Å². The van der Waals surface area contributed by atoms with Crippen molar-refractivity contribution in [1.29, 1.82) is 0 Å². The molecule has 2 aliphatic rings. The van der Waals surface area contributed by atoms with Crippen LogP contribution in [0.4, 0.5) is 27.4 Å². The van der Waals surface area contributed by atoms with E-state index in [1.807, 2.05) is 31.2 Å². The fourth-order valence-corrected chi connectivity index (χ4v) is 4.17. The Balaban J connectivity index is 1.36. The molecule has 3 aromatic rings. The Morgan fingerprint density at radius 1 is 1.09 bits per heavy atom. The molecule has 172 valence electrons. The second kappa shape index (κ2) is 9.08. The normalized spacial score (nSPS) is 15.5. The van der Waals surface area contributed by atoms with Gasteiger partial charge >= 0.3 is 0 Å². The van der Waals surface area contributed by atoms with E-state index in [0.717, 1.165) is 49.4 Å². The molecular formula is C25H24FN7O. The first-order chi connectivity index (χ1) is 16.5. The maximum Gasteiger partial charge on any atom is 0.288 e. The van der Waals surface area contributed by atoms with E-state index in [-0.39, 0.29) is 23.1 Å². The van der Waals surface area contributed by atoms with E-state index in [2.05, 4.69) is 42.0 Å². The van der Waals surface area contributed by atoms with Gasteiger partial charge in [-0.2, -0.15) is 0 Å². The molecular weight excluding hydrogens is 433 g/mol. The molecule has 0 atom stereocenters. The van der Waals surface area contributed by atoms with Crippen LogP contribution in [0.25, 0.3) is 10.9 Å².